The average Bonchev–Trinajstić information content (AvgIpc) is 3.33. The van der Waals surface area contributed by atoms with Crippen LogP contribution in [0.3, 0.4) is 0 Å². The van der Waals surface area contributed by atoms with Gasteiger partial charge in [-0.05, 0) is 30.2 Å². The van der Waals surface area contributed by atoms with Crippen LogP contribution in [0.1, 0.15) is 36.2 Å². The van der Waals surface area contributed by atoms with E-state index in [-0.39, 0.29) is 29.4 Å². The third-order valence-corrected chi connectivity index (χ3v) is 5.18. The van der Waals surface area contributed by atoms with Crippen molar-refractivity contribution in [2.75, 3.05) is 29.1 Å². The number of alkyl halides is 3. The lowest BCUT2D eigenvalue weighted by Gasteiger charge is -2.27. The molecule has 37 heavy (non-hydrogen) atoms. The summed E-state index contributed by atoms with van der Waals surface area (Å²) in [5.41, 5.74) is -1.32. The van der Waals surface area contributed by atoms with Gasteiger partial charge in [-0.25, -0.2) is 14.5 Å². The van der Waals surface area contributed by atoms with Crippen LogP contribution in [0.4, 0.5) is 35.0 Å². The third-order valence-electron chi connectivity index (χ3n) is 5.18. The number of carboxylic acid groups (broad SMARTS) is 1. The van der Waals surface area contributed by atoms with Gasteiger partial charge in [0.15, 0.2) is 5.78 Å². The van der Waals surface area contributed by atoms with Crippen molar-refractivity contribution in [2.45, 2.75) is 26.4 Å². The SMILES string of the molecule is CC(C)CN(C)c1cc(NC(=O)O)c(NC(=O)CC(=O)c2cccc(-n3cncn3)c2)cc1C(F)(F)F. The fraction of sp³-hybridized carbons (Fsp3) is 0.292. The smallest absolute Gasteiger partial charge is 0.418 e. The maximum Gasteiger partial charge on any atom is 0.418 e. The minimum atomic E-state index is -4.79. The number of Topliss-reactive ketones (excluding diaryl/α,β-unsaturated/α-hetero) is 1. The van der Waals surface area contributed by atoms with Gasteiger partial charge in [0.05, 0.1) is 34.7 Å². The zero-order chi connectivity index (χ0) is 27.3. The third kappa shape index (κ3) is 7.06. The van der Waals surface area contributed by atoms with Crippen molar-refractivity contribution in [1.82, 2.24) is 14.8 Å². The van der Waals surface area contributed by atoms with Gasteiger partial charge in [0, 0.05) is 19.2 Å². The highest BCUT2D eigenvalue weighted by atomic mass is 19.4. The quantitative estimate of drug-likeness (QED) is 0.277. The molecule has 0 aliphatic carbocycles. The van der Waals surface area contributed by atoms with Crippen LogP contribution in [-0.4, -0.2) is 51.2 Å². The molecule has 10 nitrogen and oxygen atoms in total. The average molecular weight is 518 g/mol. The van der Waals surface area contributed by atoms with Crippen LogP contribution in [-0.2, 0) is 11.0 Å². The summed E-state index contributed by atoms with van der Waals surface area (Å²) in [5, 5.41) is 17.4. The molecular weight excluding hydrogens is 493 g/mol. The van der Waals surface area contributed by atoms with E-state index in [0.717, 1.165) is 6.07 Å². The van der Waals surface area contributed by atoms with Gasteiger partial charge in [-0.15, -0.1) is 0 Å². The first-order chi connectivity index (χ1) is 17.3. The van der Waals surface area contributed by atoms with Crippen molar-refractivity contribution < 1.29 is 32.7 Å². The van der Waals surface area contributed by atoms with Crippen LogP contribution in [0, 0.1) is 5.92 Å². The summed E-state index contributed by atoms with van der Waals surface area (Å²) in [7, 11) is 1.46. The molecule has 3 rings (SSSR count). The van der Waals surface area contributed by atoms with E-state index >= 15 is 0 Å². The van der Waals surface area contributed by atoms with Crippen LogP contribution in [0.25, 0.3) is 5.69 Å². The Labute approximate surface area is 210 Å². The van der Waals surface area contributed by atoms with Crippen molar-refractivity contribution in [3.05, 3.63) is 60.2 Å². The first-order valence-electron chi connectivity index (χ1n) is 11.1. The van der Waals surface area contributed by atoms with Gasteiger partial charge in [0.2, 0.25) is 5.91 Å². The van der Waals surface area contributed by atoms with Crippen LogP contribution in [0.2, 0.25) is 0 Å². The van der Waals surface area contributed by atoms with E-state index in [0.29, 0.717) is 11.8 Å². The molecule has 2 aromatic carbocycles. The summed E-state index contributed by atoms with van der Waals surface area (Å²) >= 11 is 0. The molecular formula is C24H25F3N6O4. The van der Waals surface area contributed by atoms with Crippen molar-refractivity contribution in [3.8, 4) is 5.69 Å². The van der Waals surface area contributed by atoms with Gasteiger partial charge in [-0.1, -0.05) is 26.0 Å². The number of carbonyl (C=O) groups is 3. The molecule has 0 fully saturated rings. The molecule has 3 aromatic rings. The Morgan fingerprint density at radius 2 is 1.81 bits per heavy atom. The summed E-state index contributed by atoms with van der Waals surface area (Å²) in [5.74, 6) is -1.49. The summed E-state index contributed by atoms with van der Waals surface area (Å²) in [4.78, 5) is 41.8. The second-order valence-electron chi connectivity index (χ2n) is 8.66. The minimum absolute atomic E-state index is 0.0235. The van der Waals surface area contributed by atoms with Crippen LogP contribution in [0.15, 0.2) is 49.1 Å². The summed E-state index contributed by atoms with van der Waals surface area (Å²) in [6.07, 6.45) is -4.28. The molecule has 13 heteroatoms. The number of nitrogens with one attached hydrogen (secondary N) is 2. The van der Waals surface area contributed by atoms with E-state index in [9.17, 15) is 32.7 Å². The fourth-order valence-corrected chi connectivity index (χ4v) is 3.70. The fourth-order valence-electron chi connectivity index (χ4n) is 3.70. The van der Waals surface area contributed by atoms with Crippen molar-refractivity contribution in [3.63, 3.8) is 0 Å². The number of anilines is 3. The standard InChI is InChI=1S/C24H25F3N6O4/c1-14(2)11-32(3)20-9-19(31-23(36)37)18(8-17(20)24(25,26)27)30-22(35)10-21(34)15-5-4-6-16(7-15)33-13-28-12-29-33/h4-9,12-14,31H,10-11H2,1-3H3,(H,30,35)(H,36,37). The largest absolute Gasteiger partial charge is 0.465 e. The number of halogens is 3. The van der Waals surface area contributed by atoms with E-state index in [1.165, 1.54) is 41.4 Å². The van der Waals surface area contributed by atoms with Crippen molar-refractivity contribution >= 4 is 34.8 Å². The Morgan fingerprint density at radius 3 is 2.41 bits per heavy atom. The lowest BCUT2D eigenvalue weighted by Crippen LogP contribution is -2.26. The van der Waals surface area contributed by atoms with E-state index in [1.807, 2.05) is 19.2 Å². The van der Waals surface area contributed by atoms with E-state index < -0.39 is 41.6 Å². The Kier molecular flexibility index (Phi) is 8.15. The molecule has 0 saturated heterocycles. The van der Waals surface area contributed by atoms with E-state index in [4.69, 9.17) is 0 Å². The number of hydrogen-bond acceptors (Lipinski definition) is 6. The predicted molar refractivity (Wildman–Crippen MR) is 130 cm³/mol. The molecule has 0 saturated carbocycles. The molecule has 0 bridgehead atoms. The maximum atomic E-state index is 13.9. The number of ketones is 1. The van der Waals surface area contributed by atoms with Gasteiger partial charge >= 0.3 is 12.3 Å². The Morgan fingerprint density at radius 1 is 1.11 bits per heavy atom. The van der Waals surface area contributed by atoms with Gasteiger partial charge in [0.1, 0.15) is 12.7 Å². The molecule has 0 atom stereocenters. The summed E-state index contributed by atoms with van der Waals surface area (Å²) in [6, 6.07) is 7.89. The number of hydrogen-bond donors (Lipinski definition) is 3. The topological polar surface area (TPSA) is 129 Å². The molecule has 3 N–H and O–H groups in total. The highest BCUT2D eigenvalue weighted by Crippen LogP contribution is 2.41. The molecule has 0 unspecified atom stereocenters. The Hall–Kier alpha value is -4.42. The number of nitrogens with zero attached hydrogens (tertiary/aromatic N) is 4. The number of benzene rings is 2. The van der Waals surface area contributed by atoms with Crippen LogP contribution in [0.5, 0.6) is 0 Å². The zero-order valence-corrected chi connectivity index (χ0v) is 20.2. The molecule has 0 aliphatic heterocycles. The van der Waals surface area contributed by atoms with Gasteiger partial charge in [-0.3, -0.25) is 14.9 Å². The van der Waals surface area contributed by atoms with E-state index in [1.54, 1.807) is 12.1 Å². The number of amides is 2. The summed E-state index contributed by atoms with van der Waals surface area (Å²) < 4.78 is 43.1. The first-order valence-corrected chi connectivity index (χ1v) is 11.1. The highest BCUT2D eigenvalue weighted by Gasteiger charge is 2.36. The molecule has 0 aliphatic rings. The Balaban J connectivity index is 1.89. The minimum Gasteiger partial charge on any atom is -0.465 e. The molecule has 196 valence electrons. The van der Waals surface area contributed by atoms with Crippen LogP contribution < -0.4 is 15.5 Å². The Bertz CT molecular complexity index is 1290. The lowest BCUT2D eigenvalue weighted by atomic mass is 10.1. The number of rotatable bonds is 9. The molecule has 2 amide bonds. The van der Waals surface area contributed by atoms with Crippen molar-refractivity contribution in [1.29, 1.82) is 0 Å². The second-order valence-corrected chi connectivity index (χ2v) is 8.66. The predicted octanol–water partition coefficient (Wildman–Crippen LogP) is 4.68. The van der Waals surface area contributed by atoms with Crippen molar-refractivity contribution in [2.24, 2.45) is 5.92 Å². The number of aromatic nitrogens is 3. The highest BCUT2D eigenvalue weighted by molar-refractivity contribution is 6.12. The van der Waals surface area contributed by atoms with Crippen LogP contribution >= 0.6 is 0 Å². The zero-order valence-electron chi connectivity index (χ0n) is 20.2. The molecule has 1 aromatic heterocycles. The molecule has 0 spiro atoms. The molecule has 1 heterocycles. The normalized spacial score (nSPS) is 11.3. The first kappa shape index (κ1) is 27.2. The van der Waals surface area contributed by atoms with E-state index in [2.05, 4.69) is 15.4 Å². The molecule has 0 radical (unpaired) electrons. The maximum absolute atomic E-state index is 13.9. The monoisotopic (exact) mass is 518 g/mol. The lowest BCUT2D eigenvalue weighted by molar-refractivity contribution is -0.137. The summed E-state index contributed by atoms with van der Waals surface area (Å²) in [6.45, 7) is 3.92. The van der Waals surface area contributed by atoms with Gasteiger partial charge in [-0.2, -0.15) is 18.3 Å². The second kappa shape index (κ2) is 11.1. The van der Waals surface area contributed by atoms with Gasteiger partial charge < -0.3 is 15.3 Å². The van der Waals surface area contributed by atoms with Gasteiger partial charge in [0.25, 0.3) is 0 Å². The number of carbonyl (C=O) groups excluding carboxylic acids is 2.